The largest absolute Gasteiger partial charge is 0.329 e. The number of benzene rings is 2. The predicted molar refractivity (Wildman–Crippen MR) is 124 cm³/mol. The first-order valence-corrected chi connectivity index (χ1v) is 11.9. The van der Waals surface area contributed by atoms with Crippen molar-refractivity contribution in [2.24, 2.45) is 0 Å². The number of thioether (sulfide) groups is 1. The molecule has 0 aromatic heterocycles. The summed E-state index contributed by atoms with van der Waals surface area (Å²) in [7, 11) is 2.04. The molecule has 0 radical (unpaired) electrons. The molecule has 1 N–H and O–H groups in total. The van der Waals surface area contributed by atoms with Gasteiger partial charge in [0.2, 0.25) is 0 Å². The zero-order valence-corrected chi connectivity index (χ0v) is 19.2. The molecular formula is C22H23Cl2N3O2S. The van der Waals surface area contributed by atoms with Gasteiger partial charge in [0.25, 0.3) is 5.91 Å². The van der Waals surface area contributed by atoms with E-state index in [4.69, 9.17) is 23.2 Å². The Bertz CT molecular complexity index is 1000. The smallest absolute Gasteiger partial charge is 0.325 e. The number of nitrogens with one attached hydrogen (secondary N) is 1. The molecule has 0 unspecified atom stereocenters. The molecule has 2 aromatic rings. The fourth-order valence-corrected chi connectivity index (χ4v) is 5.33. The maximum absolute atomic E-state index is 13.1. The fraction of sp³-hybridized carbons (Fsp3) is 0.364. The minimum atomic E-state index is -0.483. The number of para-hydroxylation sites is 1. The topological polar surface area (TPSA) is 52.7 Å². The normalized spacial score (nSPS) is 21.7. The van der Waals surface area contributed by atoms with E-state index in [2.05, 4.69) is 10.2 Å². The van der Waals surface area contributed by atoms with E-state index in [0.29, 0.717) is 22.2 Å². The molecule has 2 atom stereocenters. The SMILES string of the molecule is CSCC[C@H]1NC(=O)N(c2ccccc2[C@@H]2CN(C)Cc3c(Cl)cc(Cl)cc32)C1=O. The van der Waals surface area contributed by atoms with Crippen LogP contribution in [0.3, 0.4) is 0 Å². The molecule has 0 bridgehead atoms. The Hall–Kier alpha value is -1.73. The van der Waals surface area contributed by atoms with Gasteiger partial charge in [-0.15, -0.1) is 0 Å². The number of urea groups is 1. The second-order valence-electron chi connectivity index (χ2n) is 7.72. The first kappa shape index (κ1) is 21.5. The summed E-state index contributed by atoms with van der Waals surface area (Å²) in [5.74, 6) is 0.552. The minimum absolute atomic E-state index is 0.0583. The van der Waals surface area contributed by atoms with Crippen LogP contribution in [0.2, 0.25) is 10.0 Å². The highest BCUT2D eigenvalue weighted by Crippen LogP contribution is 2.41. The highest BCUT2D eigenvalue weighted by Gasteiger charge is 2.40. The van der Waals surface area contributed by atoms with Crippen molar-refractivity contribution in [2.75, 3.05) is 30.5 Å². The quantitative estimate of drug-likeness (QED) is 0.649. The van der Waals surface area contributed by atoms with Crippen LogP contribution in [0.4, 0.5) is 10.5 Å². The molecule has 3 amide bonds. The van der Waals surface area contributed by atoms with Crippen LogP contribution in [0.15, 0.2) is 36.4 Å². The van der Waals surface area contributed by atoms with Gasteiger partial charge in [-0.2, -0.15) is 11.8 Å². The van der Waals surface area contributed by atoms with Crippen LogP contribution in [0.1, 0.15) is 29.0 Å². The van der Waals surface area contributed by atoms with E-state index in [1.54, 1.807) is 17.8 Å². The number of likely N-dealkylation sites (N-methyl/N-ethyl adjacent to an activating group) is 1. The van der Waals surface area contributed by atoms with E-state index in [-0.39, 0.29) is 17.9 Å². The Morgan fingerprint density at radius 1 is 1.17 bits per heavy atom. The van der Waals surface area contributed by atoms with Gasteiger partial charge >= 0.3 is 6.03 Å². The number of hydrogen-bond acceptors (Lipinski definition) is 4. The highest BCUT2D eigenvalue weighted by atomic mass is 35.5. The molecule has 158 valence electrons. The van der Waals surface area contributed by atoms with E-state index >= 15 is 0 Å². The molecule has 8 heteroatoms. The monoisotopic (exact) mass is 463 g/mol. The lowest BCUT2D eigenvalue weighted by Gasteiger charge is -2.35. The predicted octanol–water partition coefficient (Wildman–Crippen LogP) is 4.75. The van der Waals surface area contributed by atoms with Gasteiger partial charge in [0, 0.05) is 29.1 Å². The lowest BCUT2D eigenvalue weighted by atomic mass is 9.83. The number of carbonyl (C=O) groups is 2. The molecule has 2 heterocycles. The Kier molecular flexibility index (Phi) is 6.30. The zero-order chi connectivity index (χ0) is 21.4. The fourth-order valence-electron chi connectivity index (χ4n) is 4.29. The third-order valence-electron chi connectivity index (χ3n) is 5.68. The van der Waals surface area contributed by atoms with E-state index in [9.17, 15) is 9.59 Å². The van der Waals surface area contributed by atoms with Crippen LogP contribution in [0.25, 0.3) is 0 Å². The van der Waals surface area contributed by atoms with Crippen molar-refractivity contribution < 1.29 is 9.59 Å². The van der Waals surface area contributed by atoms with Gasteiger partial charge in [0.15, 0.2) is 0 Å². The molecular weight excluding hydrogens is 441 g/mol. The second kappa shape index (κ2) is 8.79. The third kappa shape index (κ3) is 3.94. The standard InChI is InChI=1S/C22H23Cl2N3O2S/c1-26-11-16(15-9-13(23)10-18(24)17(15)12-26)14-5-3-4-6-20(14)27-21(28)19(7-8-30-2)25-22(27)29/h3-6,9-10,16,19H,7-8,11-12H2,1-2H3,(H,25,29)/t16-,19+/m0/s1. The van der Waals surface area contributed by atoms with Gasteiger partial charge in [0.05, 0.1) is 5.69 Å². The summed E-state index contributed by atoms with van der Waals surface area (Å²) in [4.78, 5) is 29.3. The van der Waals surface area contributed by atoms with E-state index in [1.807, 2.05) is 43.6 Å². The van der Waals surface area contributed by atoms with Crippen LogP contribution in [-0.2, 0) is 11.3 Å². The summed E-state index contributed by atoms with van der Waals surface area (Å²) in [6, 6.07) is 10.5. The van der Waals surface area contributed by atoms with E-state index in [1.165, 1.54) is 4.90 Å². The summed E-state index contributed by atoms with van der Waals surface area (Å²) in [6.07, 6.45) is 2.60. The highest BCUT2D eigenvalue weighted by molar-refractivity contribution is 7.98. The van der Waals surface area contributed by atoms with Crippen molar-refractivity contribution in [1.82, 2.24) is 10.2 Å². The summed E-state index contributed by atoms with van der Waals surface area (Å²) >= 11 is 14.5. The summed E-state index contributed by atoms with van der Waals surface area (Å²) < 4.78 is 0. The minimum Gasteiger partial charge on any atom is -0.325 e. The number of nitrogens with zero attached hydrogens (tertiary/aromatic N) is 2. The van der Waals surface area contributed by atoms with Crippen molar-refractivity contribution in [1.29, 1.82) is 0 Å². The van der Waals surface area contributed by atoms with Gasteiger partial charge < -0.3 is 10.2 Å². The second-order valence-corrected chi connectivity index (χ2v) is 9.55. The maximum Gasteiger partial charge on any atom is 0.329 e. The number of imide groups is 1. The lowest BCUT2D eigenvalue weighted by Crippen LogP contribution is -2.35. The molecule has 2 aliphatic rings. The number of amides is 3. The molecule has 1 saturated heterocycles. The molecule has 2 aromatic carbocycles. The lowest BCUT2D eigenvalue weighted by molar-refractivity contribution is -0.118. The molecule has 0 saturated carbocycles. The summed E-state index contributed by atoms with van der Waals surface area (Å²) in [5, 5.41) is 4.05. The van der Waals surface area contributed by atoms with Gasteiger partial charge in [0.1, 0.15) is 6.04 Å². The first-order valence-electron chi connectivity index (χ1n) is 9.79. The van der Waals surface area contributed by atoms with Gasteiger partial charge in [-0.3, -0.25) is 4.79 Å². The first-order chi connectivity index (χ1) is 14.4. The molecule has 30 heavy (non-hydrogen) atoms. The van der Waals surface area contributed by atoms with Crippen LogP contribution in [-0.4, -0.2) is 48.5 Å². The van der Waals surface area contributed by atoms with Gasteiger partial charge in [-0.1, -0.05) is 41.4 Å². The van der Waals surface area contributed by atoms with Crippen molar-refractivity contribution in [3.63, 3.8) is 0 Å². The third-order valence-corrected chi connectivity index (χ3v) is 6.87. The Balaban J connectivity index is 1.77. The van der Waals surface area contributed by atoms with Crippen molar-refractivity contribution in [2.45, 2.75) is 24.9 Å². The number of rotatable bonds is 5. The average molecular weight is 464 g/mol. The van der Waals surface area contributed by atoms with Crippen molar-refractivity contribution in [3.05, 3.63) is 63.1 Å². The van der Waals surface area contributed by atoms with Crippen molar-refractivity contribution in [3.8, 4) is 0 Å². The van der Waals surface area contributed by atoms with Crippen LogP contribution in [0, 0.1) is 0 Å². The van der Waals surface area contributed by atoms with Crippen LogP contribution in [0.5, 0.6) is 0 Å². The Morgan fingerprint density at radius 2 is 1.93 bits per heavy atom. The van der Waals surface area contributed by atoms with Crippen LogP contribution >= 0.6 is 35.0 Å². The van der Waals surface area contributed by atoms with E-state index < -0.39 is 6.04 Å². The molecule has 4 rings (SSSR count). The molecule has 1 fully saturated rings. The Morgan fingerprint density at radius 3 is 2.70 bits per heavy atom. The molecule has 2 aliphatic heterocycles. The van der Waals surface area contributed by atoms with Gasteiger partial charge in [-0.25, -0.2) is 9.69 Å². The Labute approximate surface area is 190 Å². The van der Waals surface area contributed by atoms with E-state index in [0.717, 1.165) is 35.5 Å². The van der Waals surface area contributed by atoms with Crippen LogP contribution < -0.4 is 10.2 Å². The number of hydrogen-bond donors (Lipinski definition) is 1. The number of carbonyl (C=O) groups excluding carboxylic acids is 2. The number of fused-ring (bicyclic) bond motifs is 1. The molecule has 5 nitrogen and oxygen atoms in total. The number of halogens is 2. The van der Waals surface area contributed by atoms with Crippen molar-refractivity contribution >= 4 is 52.6 Å². The average Bonchev–Trinajstić information content (AvgIpc) is 2.99. The maximum atomic E-state index is 13.1. The summed E-state index contributed by atoms with van der Waals surface area (Å²) in [6.45, 7) is 1.46. The summed E-state index contributed by atoms with van der Waals surface area (Å²) in [5.41, 5.74) is 3.61. The van der Waals surface area contributed by atoms with Gasteiger partial charge in [-0.05, 0) is 60.4 Å². The zero-order valence-electron chi connectivity index (χ0n) is 16.8. The molecule has 0 aliphatic carbocycles. The molecule has 0 spiro atoms. The number of anilines is 1.